The Bertz CT molecular complexity index is 471. The second-order valence-electron chi connectivity index (χ2n) is 2.92. The van der Waals surface area contributed by atoms with Crippen molar-refractivity contribution in [2.75, 3.05) is 12.3 Å². The fourth-order valence-electron chi connectivity index (χ4n) is 0.994. The lowest BCUT2D eigenvalue weighted by Gasteiger charge is -1.99. The summed E-state index contributed by atoms with van der Waals surface area (Å²) in [6, 6.07) is 0. The Labute approximate surface area is 96.9 Å². The van der Waals surface area contributed by atoms with E-state index in [1.807, 2.05) is 0 Å². The first kappa shape index (κ1) is 12.6. The minimum Gasteiger partial charge on any atom is -0.476 e. The molecule has 7 heteroatoms. The summed E-state index contributed by atoms with van der Waals surface area (Å²) in [5.41, 5.74) is 5.19. The minimum absolute atomic E-state index is 0.175. The van der Waals surface area contributed by atoms with Crippen LogP contribution in [0.25, 0.3) is 6.08 Å². The van der Waals surface area contributed by atoms with Crippen molar-refractivity contribution in [3.05, 3.63) is 23.7 Å². The van der Waals surface area contributed by atoms with E-state index in [9.17, 15) is 9.59 Å². The summed E-state index contributed by atoms with van der Waals surface area (Å²) in [4.78, 5) is 29.1. The third kappa shape index (κ3) is 3.56. The van der Waals surface area contributed by atoms with Crippen molar-refractivity contribution >= 4 is 23.8 Å². The van der Waals surface area contributed by atoms with Crippen molar-refractivity contribution in [1.82, 2.24) is 9.97 Å². The molecule has 17 heavy (non-hydrogen) atoms. The van der Waals surface area contributed by atoms with E-state index in [2.05, 4.69) is 14.7 Å². The predicted molar refractivity (Wildman–Crippen MR) is 59.1 cm³/mol. The average molecular weight is 237 g/mol. The molecule has 1 aromatic heterocycles. The Balaban J connectivity index is 2.89. The molecule has 1 heterocycles. The topological polar surface area (TPSA) is 115 Å². The molecule has 0 fully saturated rings. The molecule has 3 N–H and O–H groups in total. The van der Waals surface area contributed by atoms with E-state index >= 15 is 0 Å². The molecule has 0 unspecified atom stereocenters. The summed E-state index contributed by atoms with van der Waals surface area (Å²) in [5.74, 6) is -1.99. The van der Waals surface area contributed by atoms with Crippen LogP contribution >= 0.6 is 0 Å². The van der Waals surface area contributed by atoms with Crippen LogP contribution < -0.4 is 5.73 Å². The molecule has 0 aliphatic rings. The normalized spacial score (nSPS) is 10.4. The molecule has 0 bridgehead atoms. The lowest BCUT2D eigenvalue weighted by molar-refractivity contribution is -0.137. The van der Waals surface area contributed by atoms with Gasteiger partial charge in [0, 0.05) is 6.08 Å². The molecule has 7 nitrogen and oxygen atoms in total. The Morgan fingerprint density at radius 3 is 2.88 bits per heavy atom. The van der Waals surface area contributed by atoms with Gasteiger partial charge in [-0.2, -0.15) is 0 Å². The lowest BCUT2D eigenvalue weighted by atomic mass is 10.3. The highest BCUT2D eigenvalue weighted by Gasteiger charge is 2.11. The number of nitrogens with zero attached hydrogens (tertiary/aromatic N) is 2. The Kier molecular flexibility index (Phi) is 4.15. The third-order valence-electron chi connectivity index (χ3n) is 1.70. The molecule has 1 rings (SSSR count). The van der Waals surface area contributed by atoms with Gasteiger partial charge in [-0.25, -0.2) is 19.6 Å². The van der Waals surface area contributed by atoms with Crippen LogP contribution in [0.1, 0.15) is 23.1 Å². The zero-order chi connectivity index (χ0) is 12.8. The van der Waals surface area contributed by atoms with E-state index in [0.717, 1.165) is 6.08 Å². The maximum Gasteiger partial charge on any atom is 0.358 e. The fourth-order valence-corrected chi connectivity index (χ4v) is 0.994. The quantitative estimate of drug-likeness (QED) is 0.572. The molecule has 0 aliphatic carbocycles. The lowest BCUT2D eigenvalue weighted by Crippen LogP contribution is -2.08. The molecular formula is C10H11N3O4. The predicted octanol–water partition coefficient (Wildman–Crippen LogP) is 0.333. The zero-order valence-corrected chi connectivity index (χ0v) is 9.08. The number of hydrogen-bond acceptors (Lipinski definition) is 6. The first-order chi connectivity index (χ1) is 8.04. The van der Waals surface area contributed by atoms with Crippen LogP contribution in [0.15, 0.2) is 12.3 Å². The van der Waals surface area contributed by atoms with E-state index < -0.39 is 11.9 Å². The van der Waals surface area contributed by atoms with Gasteiger partial charge in [0.25, 0.3) is 0 Å². The van der Waals surface area contributed by atoms with Crippen molar-refractivity contribution in [3.63, 3.8) is 0 Å². The second-order valence-corrected chi connectivity index (χ2v) is 2.92. The van der Waals surface area contributed by atoms with Crippen LogP contribution in [0.3, 0.4) is 0 Å². The number of nitrogen functional groups attached to an aromatic ring is 1. The maximum atomic E-state index is 11.0. The van der Waals surface area contributed by atoms with E-state index in [1.165, 1.54) is 12.3 Å². The van der Waals surface area contributed by atoms with Crippen LogP contribution in [0.5, 0.6) is 0 Å². The Hall–Kier alpha value is -2.44. The van der Waals surface area contributed by atoms with Gasteiger partial charge in [0.15, 0.2) is 11.5 Å². The molecule has 0 saturated heterocycles. The molecule has 0 amide bonds. The average Bonchev–Trinajstić information content (AvgIpc) is 2.28. The minimum atomic E-state index is -1.28. The van der Waals surface area contributed by atoms with Crippen LogP contribution in [-0.2, 0) is 9.53 Å². The fraction of sp³-hybridized carbons (Fsp3) is 0.200. The van der Waals surface area contributed by atoms with Crippen molar-refractivity contribution < 1.29 is 19.4 Å². The standard InChI is InChI=1S/C10H11N3O4/c1-2-17-7(14)4-3-6-5-12-9(11)8(13-6)10(15)16/h3-5H,2H2,1H3,(H2,11,12)(H,15,16). The van der Waals surface area contributed by atoms with Gasteiger partial charge in [-0.1, -0.05) is 0 Å². The Morgan fingerprint density at radius 1 is 1.59 bits per heavy atom. The van der Waals surface area contributed by atoms with Crippen molar-refractivity contribution in [2.24, 2.45) is 0 Å². The number of hydrogen-bond donors (Lipinski definition) is 2. The third-order valence-corrected chi connectivity index (χ3v) is 1.70. The highest BCUT2D eigenvalue weighted by atomic mass is 16.5. The van der Waals surface area contributed by atoms with Crippen LogP contribution in [0.4, 0.5) is 5.82 Å². The molecule has 1 aromatic rings. The number of carboxylic acid groups (broad SMARTS) is 1. The zero-order valence-electron chi connectivity index (χ0n) is 9.08. The monoisotopic (exact) mass is 237 g/mol. The first-order valence-corrected chi connectivity index (χ1v) is 4.75. The van der Waals surface area contributed by atoms with Crippen molar-refractivity contribution in [3.8, 4) is 0 Å². The van der Waals surface area contributed by atoms with Crippen LogP contribution in [0.2, 0.25) is 0 Å². The summed E-state index contributed by atoms with van der Waals surface area (Å²) in [5, 5.41) is 8.75. The molecular weight excluding hydrogens is 226 g/mol. The molecule has 0 spiro atoms. The number of aromatic nitrogens is 2. The molecule has 90 valence electrons. The molecule has 0 atom stereocenters. The SMILES string of the molecule is CCOC(=O)C=Cc1cnc(N)c(C(=O)O)n1. The second kappa shape index (κ2) is 5.59. The summed E-state index contributed by atoms with van der Waals surface area (Å²) in [6.45, 7) is 1.94. The summed E-state index contributed by atoms with van der Waals surface area (Å²) in [6.07, 6.45) is 3.70. The first-order valence-electron chi connectivity index (χ1n) is 4.75. The van der Waals surface area contributed by atoms with Crippen molar-refractivity contribution in [1.29, 1.82) is 0 Å². The molecule has 0 aliphatic heterocycles. The van der Waals surface area contributed by atoms with Gasteiger partial charge in [-0.3, -0.25) is 0 Å². The molecule has 0 radical (unpaired) electrons. The number of esters is 1. The molecule has 0 saturated carbocycles. The Morgan fingerprint density at radius 2 is 2.29 bits per heavy atom. The molecule has 0 aromatic carbocycles. The summed E-state index contributed by atoms with van der Waals surface area (Å²) >= 11 is 0. The number of anilines is 1. The summed E-state index contributed by atoms with van der Waals surface area (Å²) in [7, 11) is 0. The highest BCUT2D eigenvalue weighted by molar-refractivity contribution is 5.91. The van der Waals surface area contributed by atoms with Gasteiger partial charge in [-0.15, -0.1) is 0 Å². The number of carbonyl (C=O) groups excluding carboxylic acids is 1. The number of carbonyl (C=O) groups is 2. The number of ether oxygens (including phenoxy) is 1. The van der Waals surface area contributed by atoms with Gasteiger partial charge >= 0.3 is 11.9 Å². The van der Waals surface area contributed by atoms with Gasteiger partial charge in [0.1, 0.15) is 0 Å². The summed E-state index contributed by atoms with van der Waals surface area (Å²) < 4.78 is 4.65. The number of nitrogens with two attached hydrogens (primary N) is 1. The largest absolute Gasteiger partial charge is 0.476 e. The number of aromatic carboxylic acids is 1. The van der Waals surface area contributed by atoms with Gasteiger partial charge < -0.3 is 15.6 Å². The number of carboxylic acids is 1. The van der Waals surface area contributed by atoms with Gasteiger partial charge in [-0.05, 0) is 13.0 Å². The maximum absolute atomic E-state index is 11.0. The smallest absolute Gasteiger partial charge is 0.358 e. The van der Waals surface area contributed by atoms with E-state index in [0.29, 0.717) is 0 Å². The van der Waals surface area contributed by atoms with E-state index in [1.54, 1.807) is 6.92 Å². The van der Waals surface area contributed by atoms with Gasteiger partial charge in [0.05, 0.1) is 18.5 Å². The van der Waals surface area contributed by atoms with E-state index in [4.69, 9.17) is 10.8 Å². The highest BCUT2D eigenvalue weighted by Crippen LogP contribution is 2.07. The number of rotatable bonds is 4. The van der Waals surface area contributed by atoms with Gasteiger partial charge in [0.2, 0.25) is 0 Å². The van der Waals surface area contributed by atoms with Crippen LogP contribution in [0, 0.1) is 0 Å². The van der Waals surface area contributed by atoms with Crippen LogP contribution in [-0.4, -0.2) is 33.6 Å². The van der Waals surface area contributed by atoms with E-state index in [-0.39, 0.29) is 23.8 Å². The van der Waals surface area contributed by atoms with Crippen molar-refractivity contribution in [2.45, 2.75) is 6.92 Å².